The van der Waals surface area contributed by atoms with E-state index in [1.54, 1.807) is 18.3 Å². The molecular weight excluding hydrogens is 405 g/mol. The number of aromatic nitrogens is 2. The van der Waals surface area contributed by atoms with Crippen LogP contribution in [0.2, 0.25) is 5.02 Å². The van der Waals surface area contributed by atoms with Crippen LogP contribution in [0.15, 0.2) is 42.7 Å². The molecule has 1 aliphatic rings. The second-order valence-corrected chi connectivity index (χ2v) is 7.34. The van der Waals surface area contributed by atoms with Crippen molar-refractivity contribution in [2.45, 2.75) is 12.7 Å². The van der Waals surface area contributed by atoms with Crippen LogP contribution < -0.4 is 4.90 Å². The number of nitrogens with zero attached hydrogens (tertiary/aromatic N) is 4. The second-order valence-electron chi connectivity index (χ2n) is 6.93. The van der Waals surface area contributed by atoms with Crippen LogP contribution in [-0.4, -0.2) is 46.2 Å². The largest absolute Gasteiger partial charge is 0.505 e. The van der Waals surface area contributed by atoms with E-state index in [-0.39, 0.29) is 5.75 Å². The fourth-order valence-electron chi connectivity index (χ4n) is 3.48. The average Bonchev–Trinajstić information content (AvgIpc) is 2.72. The molecule has 0 saturated carbocycles. The minimum Gasteiger partial charge on any atom is -0.505 e. The molecule has 1 aliphatic heterocycles. The van der Waals surface area contributed by atoms with E-state index in [0.29, 0.717) is 60.0 Å². The maximum atomic E-state index is 12.7. The normalized spacial score (nSPS) is 15.8. The van der Waals surface area contributed by atoms with Gasteiger partial charge >= 0.3 is 6.18 Å². The lowest BCUT2D eigenvalue weighted by molar-refractivity contribution is -0.137. The molecule has 1 saturated heterocycles. The Bertz CT molecular complexity index is 1020. The van der Waals surface area contributed by atoms with Gasteiger partial charge in [0.05, 0.1) is 10.6 Å². The third kappa shape index (κ3) is 4.09. The molecule has 0 atom stereocenters. The molecular formula is C20H18ClF3N4O. The Kier molecular flexibility index (Phi) is 5.23. The number of rotatable bonds is 3. The van der Waals surface area contributed by atoms with Crippen LogP contribution in [0.1, 0.15) is 11.1 Å². The van der Waals surface area contributed by atoms with Crippen molar-refractivity contribution in [2.24, 2.45) is 0 Å². The molecule has 2 aromatic heterocycles. The van der Waals surface area contributed by atoms with E-state index in [1.807, 2.05) is 11.0 Å². The lowest BCUT2D eigenvalue weighted by atomic mass is 10.1. The van der Waals surface area contributed by atoms with E-state index in [9.17, 15) is 18.3 Å². The van der Waals surface area contributed by atoms with Crippen LogP contribution in [0.25, 0.3) is 10.9 Å². The summed E-state index contributed by atoms with van der Waals surface area (Å²) in [5.41, 5.74) is 0.419. The van der Waals surface area contributed by atoms with Crippen LogP contribution in [0.3, 0.4) is 0 Å². The molecule has 29 heavy (non-hydrogen) atoms. The van der Waals surface area contributed by atoms with Gasteiger partial charge in [0, 0.05) is 56.1 Å². The quantitative estimate of drug-likeness (QED) is 0.681. The number of phenols is 1. The Labute approximate surface area is 170 Å². The van der Waals surface area contributed by atoms with Gasteiger partial charge in [0.2, 0.25) is 0 Å². The zero-order valence-corrected chi connectivity index (χ0v) is 16.1. The van der Waals surface area contributed by atoms with Gasteiger partial charge in [0.1, 0.15) is 17.1 Å². The van der Waals surface area contributed by atoms with Crippen LogP contribution in [0.5, 0.6) is 5.75 Å². The number of alkyl halides is 3. The number of hydrogen-bond donors (Lipinski definition) is 1. The van der Waals surface area contributed by atoms with E-state index < -0.39 is 11.7 Å². The molecule has 1 aromatic carbocycles. The number of phenolic OH excluding ortho intramolecular Hbond substituents is 1. The van der Waals surface area contributed by atoms with E-state index in [2.05, 4.69) is 14.9 Å². The van der Waals surface area contributed by atoms with Crippen molar-refractivity contribution in [3.05, 3.63) is 58.9 Å². The van der Waals surface area contributed by atoms with Crippen molar-refractivity contribution in [1.29, 1.82) is 0 Å². The van der Waals surface area contributed by atoms with Crippen LogP contribution >= 0.6 is 11.6 Å². The number of piperazine rings is 1. The molecule has 0 amide bonds. The van der Waals surface area contributed by atoms with Crippen molar-refractivity contribution < 1.29 is 18.3 Å². The van der Waals surface area contributed by atoms with E-state index in [4.69, 9.17) is 11.6 Å². The van der Waals surface area contributed by atoms with Gasteiger partial charge in [-0.05, 0) is 30.3 Å². The Hall–Kier alpha value is -2.58. The van der Waals surface area contributed by atoms with Crippen molar-refractivity contribution in [1.82, 2.24) is 14.9 Å². The fraction of sp³-hybridized carbons (Fsp3) is 0.300. The zero-order valence-electron chi connectivity index (χ0n) is 15.3. The minimum atomic E-state index is -4.39. The maximum absolute atomic E-state index is 12.7. The van der Waals surface area contributed by atoms with Crippen LogP contribution in [0, 0.1) is 0 Å². The highest BCUT2D eigenvalue weighted by Gasteiger charge is 2.31. The average molecular weight is 423 g/mol. The molecule has 9 heteroatoms. The first-order valence-corrected chi connectivity index (χ1v) is 9.46. The maximum Gasteiger partial charge on any atom is 0.417 e. The van der Waals surface area contributed by atoms with Gasteiger partial charge < -0.3 is 10.0 Å². The molecule has 5 nitrogen and oxygen atoms in total. The Balaban J connectivity index is 1.43. The van der Waals surface area contributed by atoms with Gasteiger partial charge in [-0.3, -0.25) is 9.88 Å². The highest BCUT2D eigenvalue weighted by atomic mass is 35.5. The Morgan fingerprint density at radius 2 is 1.83 bits per heavy atom. The van der Waals surface area contributed by atoms with Gasteiger partial charge in [-0.15, -0.1) is 0 Å². The van der Waals surface area contributed by atoms with Gasteiger partial charge in [-0.1, -0.05) is 11.6 Å². The summed E-state index contributed by atoms with van der Waals surface area (Å²) in [6, 6.07) is 7.78. The van der Waals surface area contributed by atoms with E-state index in [1.165, 1.54) is 6.07 Å². The van der Waals surface area contributed by atoms with Gasteiger partial charge in [0.15, 0.2) is 0 Å². The summed E-state index contributed by atoms with van der Waals surface area (Å²) in [4.78, 5) is 12.3. The van der Waals surface area contributed by atoms with Crippen molar-refractivity contribution in [3.63, 3.8) is 0 Å². The molecule has 1 N–H and O–H groups in total. The predicted molar refractivity (Wildman–Crippen MR) is 105 cm³/mol. The highest BCUT2D eigenvalue weighted by molar-refractivity contribution is 6.35. The summed E-state index contributed by atoms with van der Waals surface area (Å²) < 4.78 is 38.1. The highest BCUT2D eigenvalue weighted by Crippen LogP contribution is 2.34. The minimum absolute atomic E-state index is 0.122. The molecule has 0 bridgehead atoms. The number of halogens is 4. The molecule has 0 aliphatic carbocycles. The number of aromatic hydroxyl groups is 1. The van der Waals surface area contributed by atoms with Crippen LogP contribution in [-0.2, 0) is 12.7 Å². The summed E-state index contributed by atoms with van der Waals surface area (Å²) in [6.45, 7) is 3.11. The predicted octanol–water partition coefficient (Wildman–Crippen LogP) is 4.33. The fourth-order valence-corrected chi connectivity index (χ4v) is 3.76. The number of benzene rings is 1. The molecule has 1 fully saturated rings. The second kappa shape index (κ2) is 7.68. The van der Waals surface area contributed by atoms with Gasteiger partial charge in [-0.25, -0.2) is 4.98 Å². The van der Waals surface area contributed by atoms with Crippen LogP contribution in [0.4, 0.5) is 19.0 Å². The zero-order chi connectivity index (χ0) is 20.6. The Morgan fingerprint density at radius 1 is 1.07 bits per heavy atom. The monoisotopic (exact) mass is 422 g/mol. The molecule has 0 radical (unpaired) electrons. The summed E-state index contributed by atoms with van der Waals surface area (Å²) in [7, 11) is 0. The summed E-state index contributed by atoms with van der Waals surface area (Å²) in [6.07, 6.45) is -1.91. The third-order valence-corrected chi connectivity index (χ3v) is 5.37. The lowest BCUT2D eigenvalue weighted by Gasteiger charge is -2.35. The molecule has 0 spiro atoms. The summed E-state index contributed by atoms with van der Waals surface area (Å²) >= 11 is 6.33. The lowest BCUT2D eigenvalue weighted by Crippen LogP contribution is -2.46. The summed E-state index contributed by atoms with van der Waals surface area (Å²) in [5, 5.41) is 11.8. The number of pyridine rings is 2. The SMILES string of the molecule is Oc1c(CN2CCN(c3ccc(C(F)(F)F)cn3)CC2)cc(Cl)c2cccnc12. The van der Waals surface area contributed by atoms with Crippen molar-refractivity contribution >= 4 is 28.3 Å². The van der Waals surface area contributed by atoms with Crippen molar-refractivity contribution in [3.8, 4) is 5.75 Å². The first kappa shape index (κ1) is 19.7. The topological polar surface area (TPSA) is 52.5 Å². The van der Waals surface area contributed by atoms with Gasteiger partial charge in [0.25, 0.3) is 0 Å². The Morgan fingerprint density at radius 3 is 2.48 bits per heavy atom. The van der Waals surface area contributed by atoms with Gasteiger partial charge in [-0.2, -0.15) is 13.2 Å². The molecule has 0 unspecified atom stereocenters. The van der Waals surface area contributed by atoms with E-state index >= 15 is 0 Å². The number of fused-ring (bicyclic) bond motifs is 1. The van der Waals surface area contributed by atoms with E-state index in [0.717, 1.165) is 12.3 Å². The first-order chi connectivity index (χ1) is 13.8. The third-order valence-electron chi connectivity index (χ3n) is 5.06. The number of hydrogen-bond acceptors (Lipinski definition) is 5. The first-order valence-electron chi connectivity index (χ1n) is 9.08. The molecule has 3 heterocycles. The smallest absolute Gasteiger partial charge is 0.417 e. The summed E-state index contributed by atoms with van der Waals surface area (Å²) in [5.74, 6) is 0.648. The standard InChI is InChI=1S/C20H18ClF3N4O/c21-16-10-13(19(29)18-15(16)2-1-5-25-18)12-27-6-8-28(9-7-27)17-4-3-14(11-26-17)20(22,23)24/h1-5,10-11,29H,6-9,12H2. The molecule has 4 rings (SSSR count). The van der Waals surface area contributed by atoms with Crippen molar-refractivity contribution in [2.75, 3.05) is 31.1 Å². The number of anilines is 1. The molecule has 152 valence electrons. The molecule has 3 aromatic rings.